The van der Waals surface area contributed by atoms with E-state index in [-0.39, 0.29) is 11.6 Å². The molecule has 0 atom stereocenters. The molecule has 0 spiro atoms. The summed E-state index contributed by atoms with van der Waals surface area (Å²) in [6, 6.07) is 7.08. The van der Waals surface area contributed by atoms with Crippen LogP contribution in [0.15, 0.2) is 24.3 Å². The number of aryl methyl sites for hydroxylation is 2. The first-order chi connectivity index (χ1) is 11.8. The maximum atomic E-state index is 12.4. The summed E-state index contributed by atoms with van der Waals surface area (Å²) in [6.45, 7) is 7.70. The van der Waals surface area contributed by atoms with Crippen LogP contribution in [0, 0.1) is 13.8 Å². The molecule has 5 nitrogen and oxygen atoms in total. The first-order valence-electron chi connectivity index (χ1n) is 7.83. The third-order valence-corrected chi connectivity index (χ3v) is 4.45. The van der Waals surface area contributed by atoms with Crippen molar-refractivity contribution in [2.45, 2.75) is 33.6 Å². The van der Waals surface area contributed by atoms with Crippen molar-refractivity contribution < 1.29 is 14.3 Å². The summed E-state index contributed by atoms with van der Waals surface area (Å²) in [5, 5.41) is 5.13. The van der Waals surface area contributed by atoms with Crippen LogP contribution in [-0.4, -0.2) is 20.6 Å². The number of hydrogen-bond donors (Lipinski definition) is 0. The highest BCUT2D eigenvalue weighted by atomic mass is 35.5. The molecule has 0 aliphatic rings. The van der Waals surface area contributed by atoms with Gasteiger partial charge < -0.3 is 0 Å². The number of benzene rings is 1. The van der Waals surface area contributed by atoms with Gasteiger partial charge in [-0.2, -0.15) is 5.10 Å². The largest absolute Gasteiger partial charge is 0.397 e. The SMILES string of the molecule is Cc1cccc(Cl)c1-c1c(C)nn2c(C(C)C)cc(C(=O)OF)nc12. The van der Waals surface area contributed by atoms with Gasteiger partial charge in [0.2, 0.25) is 0 Å². The standard InChI is InChI=1S/C18H17ClFN3O2/c1-9(2)14-8-13(18(24)25-20)21-17-16(11(4)22-23(14)17)15-10(3)6-5-7-12(15)19/h5-9H,1-4H3. The fourth-order valence-corrected chi connectivity index (χ4v) is 3.26. The minimum atomic E-state index is -1.13. The van der Waals surface area contributed by atoms with Crippen LogP contribution in [-0.2, 0) is 4.94 Å². The summed E-state index contributed by atoms with van der Waals surface area (Å²) in [5.41, 5.74) is 4.26. The molecular weight excluding hydrogens is 345 g/mol. The van der Waals surface area contributed by atoms with Crippen molar-refractivity contribution in [2.24, 2.45) is 0 Å². The predicted molar refractivity (Wildman–Crippen MR) is 93.5 cm³/mol. The number of hydrogen-bond acceptors (Lipinski definition) is 4. The molecule has 3 rings (SSSR count). The van der Waals surface area contributed by atoms with E-state index < -0.39 is 5.97 Å². The molecule has 7 heteroatoms. The Balaban J connectivity index is 2.43. The highest BCUT2D eigenvalue weighted by Gasteiger charge is 2.23. The molecule has 130 valence electrons. The van der Waals surface area contributed by atoms with Crippen molar-refractivity contribution in [3.8, 4) is 11.1 Å². The van der Waals surface area contributed by atoms with Crippen molar-refractivity contribution in [3.63, 3.8) is 0 Å². The van der Waals surface area contributed by atoms with Crippen LogP contribution in [0.2, 0.25) is 5.02 Å². The third kappa shape index (κ3) is 2.87. The number of carbonyl (C=O) groups excluding carboxylic acids is 1. The van der Waals surface area contributed by atoms with Gasteiger partial charge in [0.15, 0.2) is 11.3 Å². The van der Waals surface area contributed by atoms with Crippen molar-refractivity contribution in [1.29, 1.82) is 0 Å². The first-order valence-corrected chi connectivity index (χ1v) is 8.21. The lowest BCUT2D eigenvalue weighted by Gasteiger charge is -2.11. The zero-order chi connectivity index (χ0) is 18.3. The molecule has 3 aromatic rings. The van der Waals surface area contributed by atoms with Crippen LogP contribution in [0.3, 0.4) is 0 Å². The normalized spacial score (nSPS) is 11.3. The van der Waals surface area contributed by atoms with Gasteiger partial charge in [0.05, 0.1) is 11.3 Å². The third-order valence-electron chi connectivity index (χ3n) is 4.13. The number of rotatable bonds is 3. The molecular formula is C18H17ClFN3O2. The molecule has 0 aliphatic carbocycles. The number of aromatic nitrogens is 3. The van der Waals surface area contributed by atoms with E-state index in [2.05, 4.69) is 15.0 Å². The predicted octanol–water partition coefficient (Wildman–Crippen LogP) is 4.83. The molecule has 0 unspecified atom stereocenters. The summed E-state index contributed by atoms with van der Waals surface area (Å²) >= 11 is 6.41. The fraction of sp³-hybridized carbons (Fsp3) is 0.278. The molecule has 0 aliphatic heterocycles. The van der Waals surface area contributed by atoms with E-state index in [1.165, 1.54) is 6.07 Å². The van der Waals surface area contributed by atoms with E-state index >= 15 is 0 Å². The van der Waals surface area contributed by atoms with Gasteiger partial charge in [-0.25, -0.2) is 19.2 Å². The van der Waals surface area contributed by atoms with Crippen molar-refractivity contribution in [1.82, 2.24) is 14.6 Å². The van der Waals surface area contributed by atoms with E-state index in [4.69, 9.17) is 11.6 Å². The van der Waals surface area contributed by atoms with E-state index in [0.717, 1.165) is 28.1 Å². The van der Waals surface area contributed by atoms with Gasteiger partial charge in [0, 0.05) is 20.8 Å². The van der Waals surface area contributed by atoms with E-state index in [1.54, 1.807) is 10.6 Å². The van der Waals surface area contributed by atoms with E-state index in [1.807, 2.05) is 39.8 Å². The molecule has 2 heterocycles. The van der Waals surface area contributed by atoms with Crippen molar-refractivity contribution in [2.75, 3.05) is 0 Å². The number of carbonyl (C=O) groups is 1. The lowest BCUT2D eigenvalue weighted by molar-refractivity contribution is -0.0793. The lowest BCUT2D eigenvalue weighted by Crippen LogP contribution is -2.09. The average Bonchev–Trinajstić information content (AvgIpc) is 2.89. The van der Waals surface area contributed by atoms with Gasteiger partial charge in [-0.3, -0.25) is 0 Å². The van der Waals surface area contributed by atoms with Gasteiger partial charge >= 0.3 is 5.97 Å². The Labute approximate surface area is 149 Å². The quantitative estimate of drug-likeness (QED) is 0.670. The fourth-order valence-electron chi connectivity index (χ4n) is 2.94. The molecule has 0 radical (unpaired) electrons. The highest BCUT2D eigenvalue weighted by molar-refractivity contribution is 6.33. The van der Waals surface area contributed by atoms with Gasteiger partial charge in [0.25, 0.3) is 0 Å². The molecule has 0 saturated heterocycles. The van der Waals surface area contributed by atoms with Crippen LogP contribution in [0.4, 0.5) is 4.53 Å². The van der Waals surface area contributed by atoms with Crippen LogP contribution in [0.1, 0.15) is 47.2 Å². The summed E-state index contributed by atoms with van der Waals surface area (Å²) in [5.74, 6) is -1.10. The molecule has 25 heavy (non-hydrogen) atoms. The molecule has 0 N–H and O–H groups in total. The van der Waals surface area contributed by atoms with Crippen molar-refractivity contribution >= 4 is 23.2 Å². The Morgan fingerprint density at radius 2 is 2.00 bits per heavy atom. The molecule has 2 aromatic heterocycles. The van der Waals surface area contributed by atoms with Gasteiger partial charge in [0.1, 0.15) is 0 Å². The second kappa shape index (κ2) is 6.44. The zero-order valence-electron chi connectivity index (χ0n) is 14.3. The molecule has 0 bridgehead atoms. The topological polar surface area (TPSA) is 56.5 Å². The second-order valence-corrected chi connectivity index (χ2v) is 6.62. The Kier molecular flexibility index (Phi) is 4.47. The van der Waals surface area contributed by atoms with Gasteiger partial charge in [-0.15, -0.1) is 0 Å². The summed E-state index contributed by atoms with van der Waals surface area (Å²) in [6.07, 6.45) is 0. The van der Waals surface area contributed by atoms with Crippen LogP contribution in [0.25, 0.3) is 16.8 Å². The number of nitrogens with zero attached hydrogens (tertiary/aromatic N) is 3. The van der Waals surface area contributed by atoms with Crippen molar-refractivity contribution in [3.05, 3.63) is 51.9 Å². The highest BCUT2D eigenvalue weighted by Crippen LogP contribution is 2.36. The Hall–Kier alpha value is -2.47. The number of fused-ring (bicyclic) bond motifs is 1. The van der Waals surface area contributed by atoms with Gasteiger partial charge in [-0.1, -0.05) is 37.6 Å². The zero-order valence-corrected chi connectivity index (χ0v) is 15.1. The Morgan fingerprint density at radius 1 is 1.28 bits per heavy atom. The summed E-state index contributed by atoms with van der Waals surface area (Å²) in [4.78, 5) is 19.4. The first kappa shape index (κ1) is 17.4. The number of halogens is 2. The van der Waals surface area contributed by atoms with E-state index in [9.17, 15) is 9.32 Å². The van der Waals surface area contributed by atoms with E-state index in [0.29, 0.717) is 10.7 Å². The smallest absolute Gasteiger partial charge is 0.248 e. The van der Waals surface area contributed by atoms with Gasteiger partial charge in [-0.05, 0) is 37.5 Å². The summed E-state index contributed by atoms with van der Waals surface area (Å²) in [7, 11) is 0. The summed E-state index contributed by atoms with van der Waals surface area (Å²) < 4.78 is 14.1. The average molecular weight is 362 g/mol. The van der Waals surface area contributed by atoms with Crippen LogP contribution >= 0.6 is 11.6 Å². The van der Waals surface area contributed by atoms with Crippen LogP contribution < -0.4 is 0 Å². The maximum Gasteiger partial charge on any atom is 0.397 e. The minimum Gasteiger partial charge on any atom is -0.248 e. The monoisotopic (exact) mass is 361 g/mol. The Bertz CT molecular complexity index is 962. The maximum absolute atomic E-state index is 12.4. The Morgan fingerprint density at radius 3 is 2.60 bits per heavy atom. The molecule has 1 aromatic carbocycles. The molecule has 0 amide bonds. The second-order valence-electron chi connectivity index (χ2n) is 6.21. The minimum absolute atomic E-state index is 0.0381. The molecule has 0 saturated carbocycles. The molecule has 0 fully saturated rings. The van der Waals surface area contributed by atoms with Crippen LogP contribution in [0.5, 0.6) is 0 Å². The lowest BCUT2D eigenvalue weighted by atomic mass is 10.0.